The lowest BCUT2D eigenvalue weighted by Crippen LogP contribution is -2.17. The topological polar surface area (TPSA) is 98.3 Å². The van der Waals surface area contributed by atoms with Gasteiger partial charge in [-0.15, -0.1) is 0 Å². The van der Waals surface area contributed by atoms with Gasteiger partial charge in [-0.1, -0.05) is 11.6 Å². The van der Waals surface area contributed by atoms with Gasteiger partial charge < -0.3 is 11.1 Å². The van der Waals surface area contributed by atoms with Crippen molar-refractivity contribution in [1.29, 1.82) is 0 Å². The molecule has 1 aromatic carbocycles. The smallest absolute Gasteiger partial charge is 0.271 e. The number of hydrogen-bond acceptors (Lipinski definition) is 4. The number of nitro benzene ring substituents is 1. The second kappa shape index (κ2) is 7.06. The highest BCUT2D eigenvalue weighted by Crippen LogP contribution is 2.26. The molecule has 0 aromatic heterocycles. The molecule has 0 aliphatic rings. The Morgan fingerprint density at radius 3 is 2.79 bits per heavy atom. The number of non-ortho nitro benzene ring substituents is 1. The quantitative estimate of drug-likeness (QED) is 0.620. The summed E-state index contributed by atoms with van der Waals surface area (Å²) >= 11 is 5.86. The SMILES string of the molecule is CC(N)CCCC(=O)Nc1ccc([N+](=O)[O-])cc1Cl. The third-order valence-electron chi connectivity index (χ3n) is 2.50. The summed E-state index contributed by atoms with van der Waals surface area (Å²) < 4.78 is 0. The summed E-state index contributed by atoms with van der Waals surface area (Å²) in [5.41, 5.74) is 5.85. The Balaban J connectivity index is 2.57. The largest absolute Gasteiger partial charge is 0.328 e. The van der Waals surface area contributed by atoms with Gasteiger partial charge in [0.15, 0.2) is 0 Å². The van der Waals surface area contributed by atoms with Gasteiger partial charge in [0, 0.05) is 24.6 Å². The molecule has 0 bridgehead atoms. The molecular formula is C12H16ClN3O3. The Morgan fingerprint density at radius 2 is 2.26 bits per heavy atom. The van der Waals surface area contributed by atoms with E-state index in [1.807, 2.05) is 6.92 Å². The van der Waals surface area contributed by atoms with E-state index in [1.54, 1.807) is 0 Å². The summed E-state index contributed by atoms with van der Waals surface area (Å²) in [5, 5.41) is 13.3. The predicted molar refractivity (Wildman–Crippen MR) is 74.2 cm³/mol. The van der Waals surface area contributed by atoms with Crippen LogP contribution in [0.15, 0.2) is 18.2 Å². The maximum Gasteiger partial charge on any atom is 0.271 e. The van der Waals surface area contributed by atoms with Gasteiger partial charge >= 0.3 is 0 Å². The molecule has 0 aliphatic carbocycles. The van der Waals surface area contributed by atoms with Crippen molar-refractivity contribution in [3.8, 4) is 0 Å². The molecule has 6 nitrogen and oxygen atoms in total. The van der Waals surface area contributed by atoms with Gasteiger partial charge in [-0.05, 0) is 25.8 Å². The van der Waals surface area contributed by atoms with Crippen LogP contribution in [0, 0.1) is 10.1 Å². The van der Waals surface area contributed by atoms with Crippen LogP contribution >= 0.6 is 11.6 Å². The average molecular weight is 286 g/mol. The van der Waals surface area contributed by atoms with E-state index in [0.717, 1.165) is 6.42 Å². The zero-order chi connectivity index (χ0) is 14.4. The number of nitrogens with zero attached hydrogens (tertiary/aromatic N) is 1. The Kier molecular flexibility index (Phi) is 5.72. The molecule has 1 aromatic rings. The van der Waals surface area contributed by atoms with Crippen molar-refractivity contribution in [3.63, 3.8) is 0 Å². The van der Waals surface area contributed by atoms with E-state index in [1.165, 1.54) is 18.2 Å². The number of nitro groups is 1. The van der Waals surface area contributed by atoms with Crippen LogP contribution in [0.1, 0.15) is 26.2 Å². The Labute approximate surface area is 116 Å². The fourth-order valence-electron chi connectivity index (χ4n) is 1.52. The van der Waals surface area contributed by atoms with Crippen molar-refractivity contribution in [1.82, 2.24) is 0 Å². The van der Waals surface area contributed by atoms with Crippen LogP contribution in [0.5, 0.6) is 0 Å². The molecule has 1 amide bonds. The zero-order valence-electron chi connectivity index (χ0n) is 10.6. The monoisotopic (exact) mass is 285 g/mol. The summed E-state index contributed by atoms with van der Waals surface area (Å²) in [7, 11) is 0. The highest BCUT2D eigenvalue weighted by molar-refractivity contribution is 6.33. The lowest BCUT2D eigenvalue weighted by Gasteiger charge is -2.08. The molecule has 104 valence electrons. The lowest BCUT2D eigenvalue weighted by atomic mass is 10.1. The number of nitrogens with one attached hydrogen (secondary N) is 1. The van der Waals surface area contributed by atoms with Crippen molar-refractivity contribution >= 4 is 28.9 Å². The highest BCUT2D eigenvalue weighted by atomic mass is 35.5. The number of amides is 1. The molecule has 0 aliphatic heterocycles. The van der Waals surface area contributed by atoms with Gasteiger partial charge in [0.05, 0.1) is 15.6 Å². The van der Waals surface area contributed by atoms with Gasteiger partial charge in [0.1, 0.15) is 0 Å². The minimum atomic E-state index is -0.542. The molecule has 19 heavy (non-hydrogen) atoms. The second-order valence-electron chi connectivity index (χ2n) is 4.34. The molecule has 0 saturated heterocycles. The van der Waals surface area contributed by atoms with Crippen molar-refractivity contribution in [3.05, 3.63) is 33.3 Å². The number of halogens is 1. The van der Waals surface area contributed by atoms with E-state index < -0.39 is 4.92 Å². The fourth-order valence-corrected chi connectivity index (χ4v) is 1.74. The average Bonchev–Trinajstić information content (AvgIpc) is 2.31. The van der Waals surface area contributed by atoms with Crippen LogP contribution in [0.25, 0.3) is 0 Å². The van der Waals surface area contributed by atoms with Crippen LogP contribution in [-0.4, -0.2) is 16.9 Å². The van der Waals surface area contributed by atoms with Gasteiger partial charge in [-0.2, -0.15) is 0 Å². The molecule has 0 heterocycles. The van der Waals surface area contributed by atoms with E-state index in [4.69, 9.17) is 17.3 Å². The number of rotatable bonds is 6. The third kappa shape index (κ3) is 5.23. The maximum atomic E-state index is 11.6. The minimum Gasteiger partial charge on any atom is -0.328 e. The number of anilines is 1. The Morgan fingerprint density at radius 1 is 1.58 bits per heavy atom. The van der Waals surface area contributed by atoms with Crippen molar-refractivity contribution in [2.24, 2.45) is 5.73 Å². The van der Waals surface area contributed by atoms with E-state index in [0.29, 0.717) is 18.5 Å². The first kappa shape index (κ1) is 15.4. The summed E-state index contributed by atoms with van der Waals surface area (Å²) in [5.74, 6) is -0.184. The number of hydrogen-bond donors (Lipinski definition) is 2. The Hall–Kier alpha value is -1.66. The molecule has 7 heteroatoms. The fraction of sp³-hybridized carbons (Fsp3) is 0.417. The zero-order valence-corrected chi connectivity index (χ0v) is 11.3. The van der Waals surface area contributed by atoms with Crippen molar-refractivity contribution in [2.45, 2.75) is 32.2 Å². The number of carbonyl (C=O) groups is 1. The second-order valence-corrected chi connectivity index (χ2v) is 4.75. The van der Waals surface area contributed by atoms with E-state index in [-0.39, 0.29) is 22.7 Å². The maximum absolute atomic E-state index is 11.6. The molecule has 1 atom stereocenters. The van der Waals surface area contributed by atoms with E-state index in [2.05, 4.69) is 5.32 Å². The van der Waals surface area contributed by atoms with Crippen LogP contribution in [-0.2, 0) is 4.79 Å². The summed E-state index contributed by atoms with van der Waals surface area (Å²) in [4.78, 5) is 21.6. The highest BCUT2D eigenvalue weighted by Gasteiger charge is 2.11. The first-order chi connectivity index (χ1) is 8.90. The molecule has 1 rings (SSSR count). The van der Waals surface area contributed by atoms with Gasteiger partial charge in [0.25, 0.3) is 5.69 Å². The standard InChI is InChI=1S/C12H16ClN3O3/c1-8(14)3-2-4-12(17)15-11-6-5-9(16(18)19)7-10(11)13/h5-8H,2-4,14H2,1H3,(H,15,17). The predicted octanol–water partition coefficient (Wildman–Crippen LogP) is 2.70. The van der Waals surface area contributed by atoms with Crippen LogP contribution in [0.3, 0.4) is 0 Å². The van der Waals surface area contributed by atoms with E-state index in [9.17, 15) is 14.9 Å². The normalized spacial score (nSPS) is 11.9. The van der Waals surface area contributed by atoms with Crippen molar-refractivity contribution in [2.75, 3.05) is 5.32 Å². The van der Waals surface area contributed by atoms with Gasteiger partial charge in [-0.25, -0.2) is 0 Å². The van der Waals surface area contributed by atoms with Crippen LogP contribution < -0.4 is 11.1 Å². The minimum absolute atomic E-state index is 0.0655. The molecule has 0 saturated carbocycles. The third-order valence-corrected chi connectivity index (χ3v) is 2.81. The van der Waals surface area contributed by atoms with Crippen LogP contribution in [0.2, 0.25) is 5.02 Å². The molecule has 3 N–H and O–H groups in total. The lowest BCUT2D eigenvalue weighted by molar-refractivity contribution is -0.384. The number of benzene rings is 1. The van der Waals surface area contributed by atoms with Crippen LogP contribution in [0.4, 0.5) is 11.4 Å². The molecule has 0 radical (unpaired) electrons. The summed E-state index contributed by atoms with van der Waals surface area (Å²) in [6, 6.07) is 3.99. The summed E-state index contributed by atoms with van der Waals surface area (Å²) in [6.07, 6.45) is 1.80. The van der Waals surface area contributed by atoms with E-state index >= 15 is 0 Å². The molecular weight excluding hydrogens is 270 g/mol. The van der Waals surface area contributed by atoms with Gasteiger partial charge in [-0.3, -0.25) is 14.9 Å². The first-order valence-electron chi connectivity index (χ1n) is 5.89. The van der Waals surface area contributed by atoms with Crippen molar-refractivity contribution < 1.29 is 9.72 Å². The summed E-state index contributed by atoms with van der Waals surface area (Å²) in [6.45, 7) is 1.88. The first-order valence-corrected chi connectivity index (χ1v) is 6.27. The Bertz CT molecular complexity index is 477. The van der Waals surface area contributed by atoms with Gasteiger partial charge in [0.2, 0.25) is 5.91 Å². The number of carbonyl (C=O) groups excluding carboxylic acids is 1. The molecule has 0 fully saturated rings. The number of nitrogens with two attached hydrogens (primary N) is 1. The molecule has 0 spiro atoms. The molecule has 1 unspecified atom stereocenters.